The molecule has 3 rings (SSSR count). The minimum atomic E-state index is -0.328. The van der Waals surface area contributed by atoms with E-state index in [4.69, 9.17) is 19.7 Å². The van der Waals surface area contributed by atoms with Crippen molar-refractivity contribution in [1.29, 1.82) is 0 Å². The molecule has 1 aliphatic heterocycles. The molecule has 0 amide bonds. The van der Waals surface area contributed by atoms with Crippen LogP contribution in [-0.2, 0) is 6.42 Å². The van der Waals surface area contributed by atoms with E-state index < -0.39 is 0 Å². The van der Waals surface area contributed by atoms with Gasteiger partial charge < -0.3 is 19.7 Å². The minimum absolute atomic E-state index is 0.193. The van der Waals surface area contributed by atoms with Crippen molar-refractivity contribution in [2.45, 2.75) is 38.3 Å². The molecule has 0 radical (unpaired) electrons. The lowest BCUT2D eigenvalue weighted by Gasteiger charge is -2.24. The number of aryl methyl sites for hydroxylation is 1. The number of ether oxygens (including phenoxy) is 2. The lowest BCUT2D eigenvalue weighted by atomic mass is 10.1. The first kappa shape index (κ1) is 13.9. The van der Waals surface area contributed by atoms with Crippen LogP contribution in [0.15, 0.2) is 28.8 Å². The fourth-order valence-electron chi connectivity index (χ4n) is 2.22. The maximum atomic E-state index is 5.84. The van der Waals surface area contributed by atoms with Crippen LogP contribution < -0.4 is 15.2 Å². The van der Waals surface area contributed by atoms with Crippen LogP contribution in [0.25, 0.3) is 0 Å². The summed E-state index contributed by atoms with van der Waals surface area (Å²) < 4.78 is 16.7. The molecule has 2 atom stereocenters. The van der Waals surface area contributed by atoms with Gasteiger partial charge in [0, 0.05) is 12.5 Å². The van der Waals surface area contributed by atoms with Crippen LogP contribution >= 0.6 is 0 Å². The summed E-state index contributed by atoms with van der Waals surface area (Å²) >= 11 is 0. The molecule has 0 saturated heterocycles. The maximum absolute atomic E-state index is 5.84. The molecule has 6 heteroatoms. The van der Waals surface area contributed by atoms with Gasteiger partial charge in [-0.25, -0.2) is 0 Å². The highest BCUT2D eigenvalue weighted by atomic mass is 16.6. The van der Waals surface area contributed by atoms with Crippen molar-refractivity contribution in [3.8, 4) is 11.5 Å². The molecular formula is C15H19N3O3. The number of hydrogen-bond donors (Lipinski definition) is 1. The summed E-state index contributed by atoms with van der Waals surface area (Å²) in [6, 6.07) is 7.75. The largest absolute Gasteiger partial charge is 0.485 e. The summed E-state index contributed by atoms with van der Waals surface area (Å²) in [7, 11) is 0. The van der Waals surface area contributed by atoms with Crippen LogP contribution in [0.3, 0.4) is 0 Å². The Bertz CT molecular complexity index is 597. The Kier molecular flexibility index (Phi) is 4.06. The van der Waals surface area contributed by atoms with Gasteiger partial charge in [0.1, 0.15) is 6.61 Å². The number of fused-ring (bicyclic) bond motifs is 1. The fourth-order valence-corrected chi connectivity index (χ4v) is 2.22. The molecule has 0 saturated carbocycles. The van der Waals surface area contributed by atoms with Crippen LogP contribution in [0.2, 0.25) is 0 Å². The highest BCUT2D eigenvalue weighted by molar-refractivity contribution is 5.40. The summed E-state index contributed by atoms with van der Waals surface area (Å²) in [6.45, 7) is 2.37. The van der Waals surface area contributed by atoms with E-state index in [2.05, 4.69) is 10.1 Å². The van der Waals surface area contributed by atoms with Gasteiger partial charge in [0.05, 0.1) is 0 Å². The van der Waals surface area contributed by atoms with Crippen LogP contribution in [0.1, 0.15) is 37.6 Å². The van der Waals surface area contributed by atoms with Crippen LogP contribution in [0, 0.1) is 0 Å². The van der Waals surface area contributed by atoms with Gasteiger partial charge in [-0.1, -0.05) is 17.3 Å². The zero-order valence-corrected chi connectivity index (χ0v) is 12.0. The molecule has 21 heavy (non-hydrogen) atoms. The van der Waals surface area contributed by atoms with E-state index in [0.717, 1.165) is 25.0 Å². The zero-order chi connectivity index (χ0) is 14.7. The van der Waals surface area contributed by atoms with Crippen molar-refractivity contribution in [2.24, 2.45) is 5.73 Å². The van der Waals surface area contributed by atoms with E-state index in [-0.39, 0.29) is 12.1 Å². The number of nitrogens with zero attached hydrogens (tertiary/aromatic N) is 2. The Morgan fingerprint density at radius 2 is 2.14 bits per heavy atom. The third-order valence-electron chi connectivity index (χ3n) is 3.33. The Hall–Kier alpha value is -2.08. The number of aromatic nitrogens is 2. The molecule has 2 unspecified atom stereocenters. The second-order valence-electron chi connectivity index (χ2n) is 5.28. The van der Waals surface area contributed by atoms with E-state index in [1.54, 1.807) is 0 Å². The molecule has 2 N–H and O–H groups in total. The second kappa shape index (κ2) is 6.13. The van der Waals surface area contributed by atoms with E-state index >= 15 is 0 Å². The van der Waals surface area contributed by atoms with E-state index in [0.29, 0.717) is 24.1 Å². The summed E-state index contributed by atoms with van der Waals surface area (Å²) in [5.41, 5.74) is 5.72. The van der Waals surface area contributed by atoms with Crippen molar-refractivity contribution < 1.29 is 14.0 Å². The summed E-state index contributed by atoms with van der Waals surface area (Å²) in [5.74, 6) is 2.60. The molecule has 6 nitrogen and oxygen atoms in total. The number of hydrogen-bond acceptors (Lipinski definition) is 6. The van der Waals surface area contributed by atoms with E-state index in [1.165, 1.54) is 0 Å². The highest BCUT2D eigenvalue weighted by Crippen LogP contribution is 2.35. The zero-order valence-electron chi connectivity index (χ0n) is 12.0. The first-order chi connectivity index (χ1) is 10.2. The molecule has 1 aliphatic rings. The summed E-state index contributed by atoms with van der Waals surface area (Å²) in [6.07, 6.45) is 2.28. The van der Waals surface area contributed by atoms with Gasteiger partial charge in [0.15, 0.2) is 17.6 Å². The Balaban J connectivity index is 1.62. The predicted molar refractivity (Wildman–Crippen MR) is 76.2 cm³/mol. The van der Waals surface area contributed by atoms with Gasteiger partial charge in [-0.15, -0.1) is 0 Å². The van der Waals surface area contributed by atoms with Gasteiger partial charge in [0.25, 0.3) is 0 Å². The highest BCUT2D eigenvalue weighted by Gasteiger charge is 2.26. The van der Waals surface area contributed by atoms with Crippen LogP contribution in [0.5, 0.6) is 11.5 Å². The van der Waals surface area contributed by atoms with Crippen molar-refractivity contribution >= 4 is 0 Å². The SMILES string of the molecule is CC(N)CCCc1nc(C2COc3ccccc3O2)no1. The number of benzene rings is 1. The molecule has 0 aliphatic carbocycles. The molecule has 112 valence electrons. The quantitative estimate of drug-likeness (QED) is 0.909. The minimum Gasteiger partial charge on any atom is -0.485 e. The first-order valence-corrected chi connectivity index (χ1v) is 7.19. The molecular weight excluding hydrogens is 270 g/mol. The Morgan fingerprint density at radius 1 is 1.33 bits per heavy atom. The predicted octanol–water partition coefficient (Wildman–Crippen LogP) is 2.25. The molecule has 2 aromatic rings. The number of nitrogens with two attached hydrogens (primary N) is 1. The van der Waals surface area contributed by atoms with Gasteiger partial charge in [0.2, 0.25) is 11.7 Å². The van der Waals surface area contributed by atoms with Gasteiger partial charge >= 0.3 is 0 Å². The average Bonchev–Trinajstić information content (AvgIpc) is 2.95. The standard InChI is InChI=1S/C15H19N3O3/c1-10(16)5-4-8-14-17-15(18-21-14)13-9-19-11-6-2-3-7-12(11)20-13/h2-3,6-7,10,13H,4-5,8-9,16H2,1H3. The number of rotatable bonds is 5. The molecule has 0 fully saturated rings. The molecule has 0 bridgehead atoms. The normalized spacial score (nSPS) is 18.5. The lowest BCUT2D eigenvalue weighted by molar-refractivity contribution is 0.0832. The topological polar surface area (TPSA) is 83.4 Å². The van der Waals surface area contributed by atoms with E-state index in [1.807, 2.05) is 31.2 Å². The van der Waals surface area contributed by atoms with Crippen molar-refractivity contribution in [2.75, 3.05) is 6.61 Å². The monoisotopic (exact) mass is 289 g/mol. The van der Waals surface area contributed by atoms with Gasteiger partial charge in [-0.05, 0) is 31.9 Å². The van der Waals surface area contributed by atoms with Gasteiger partial charge in [-0.2, -0.15) is 4.98 Å². The van der Waals surface area contributed by atoms with E-state index in [9.17, 15) is 0 Å². The number of para-hydroxylation sites is 2. The van der Waals surface area contributed by atoms with Crippen molar-refractivity contribution in [3.05, 3.63) is 36.0 Å². The van der Waals surface area contributed by atoms with Gasteiger partial charge in [-0.3, -0.25) is 0 Å². The molecule has 1 aromatic carbocycles. The Morgan fingerprint density at radius 3 is 2.95 bits per heavy atom. The molecule has 0 spiro atoms. The molecule has 1 aromatic heterocycles. The first-order valence-electron chi connectivity index (χ1n) is 7.19. The summed E-state index contributed by atoms with van der Waals surface area (Å²) in [4.78, 5) is 4.38. The fraction of sp³-hybridized carbons (Fsp3) is 0.467. The third-order valence-corrected chi connectivity index (χ3v) is 3.33. The third kappa shape index (κ3) is 3.33. The van der Waals surface area contributed by atoms with Crippen LogP contribution in [-0.4, -0.2) is 22.8 Å². The maximum Gasteiger partial charge on any atom is 0.226 e. The average molecular weight is 289 g/mol. The Labute approximate surface area is 123 Å². The summed E-state index contributed by atoms with van der Waals surface area (Å²) in [5, 5.41) is 3.99. The smallest absolute Gasteiger partial charge is 0.226 e. The second-order valence-corrected chi connectivity index (χ2v) is 5.28. The molecule has 2 heterocycles. The van der Waals surface area contributed by atoms with Crippen LogP contribution in [0.4, 0.5) is 0 Å². The lowest BCUT2D eigenvalue weighted by Crippen LogP contribution is -2.22. The van der Waals surface area contributed by atoms with Crippen molar-refractivity contribution in [3.63, 3.8) is 0 Å². The van der Waals surface area contributed by atoms with Crippen molar-refractivity contribution in [1.82, 2.24) is 10.1 Å².